The maximum atomic E-state index is 12.7. The molecule has 8 heteroatoms. The molecule has 4 aromatic rings. The number of rotatable bonds is 4. The molecular weight excluding hydrogens is 350 g/mol. The van der Waals surface area contributed by atoms with E-state index in [-0.39, 0.29) is 16.6 Å². The lowest BCUT2D eigenvalue weighted by atomic mass is 10.1. The van der Waals surface area contributed by atoms with Crippen LogP contribution in [-0.2, 0) is 15.6 Å². The van der Waals surface area contributed by atoms with E-state index in [1.165, 1.54) is 6.20 Å². The predicted molar refractivity (Wildman–Crippen MR) is 98.0 cm³/mol. The maximum absolute atomic E-state index is 12.7. The molecule has 4 rings (SSSR count). The minimum absolute atomic E-state index is 0.0718. The Hall–Kier alpha value is -3.26. The molecule has 0 atom stereocenters. The van der Waals surface area contributed by atoms with E-state index in [4.69, 9.17) is 5.73 Å². The zero-order valence-corrected chi connectivity index (χ0v) is 14.5. The molecule has 0 aliphatic heterocycles. The number of nitrogen functional groups attached to an aromatic ring is 1. The number of nitrogens with two attached hydrogens (primary N) is 1. The van der Waals surface area contributed by atoms with Gasteiger partial charge in [-0.05, 0) is 23.8 Å². The fraction of sp³-hybridized carbons (Fsp3) is 0.0556. The number of aromatic nitrogens is 4. The molecule has 0 saturated carbocycles. The van der Waals surface area contributed by atoms with Crippen LogP contribution in [0.1, 0.15) is 5.56 Å². The summed E-state index contributed by atoms with van der Waals surface area (Å²) in [4.78, 5) is 8.35. The molecule has 0 radical (unpaired) electrons. The van der Waals surface area contributed by atoms with Crippen LogP contribution in [0.3, 0.4) is 0 Å². The van der Waals surface area contributed by atoms with Gasteiger partial charge in [-0.2, -0.15) is 4.98 Å². The van der Waals surface area contributed by atoms with Crippen molar-refractivity contribution in [1.82, 2.24) is 19.6 Å². The van der Waals surface area contributed by atoms with Crippen LogP contribution in [0.15, 0.2) is 72.0 Å². The zero-order chi connectivity index (χ0) is 18.1. The Bertz CT molecular complexity index is 1190. The van der Waals surface area contributed by atoms with Gasteiger partial charge in [-0.25, -0.2) is 12.9 Å². The number of hydrogen-bond donors (Lipinski definition) is 1. The highest BCUT2D eigenvalue weighted by Gasteiger charge is 2.17. The molecule has 3 heterocycles. The van der Waals surface area contributed by atoms with Crippen LogP contribution >= 0.6 is 0 Å². The van der Waals surface area contributed by atoms with Crippen molar-refractivity contribution in [3.8, 4) is 11.1 Å². The Balaban J connectivity index is 1.71. The number of sulfone groups is 1. The third kappa shape index (κ3) is 3.14. The third-order valence-electron chi connectivity index (χ3n) is 3.95. The van der Waals surface area contributed by atoms with Crippen molar-refractivity contribution in [3.05, 3.63) is 72.7 Å². The van der Waals surface area contributed by atoms with Gasteiger partial charge in [0.2, 0.25) is 5.95 Å². The van der Waals surface area contributed by atoms with Crippen molar-refractivity contribution in [1.29, 1.82) is 0 Å². The van der Waals surface area contributed by atoms with E-state index in [1.54, 1.807) is 41.2 Å². The number of benzene rings is 1. The normalized spacial score (nSPS) is 11.7. The van der Waals surface area contributed by atoms with Crippen LogP contribution in [0.5, 0.6) is 0 Å². The van der Waals surface area contributed by atoms with Gasteiger partial charge in [0.25, 0.3) is 0 Å². The van der Waals surface area contributed by atoms with Crippen molar-refractivity contribution in [2.45, 2.75) is 10.6 Å². The van der Waals surface area contributed by atoms with Gasteiger partial charge in [-0.3, -0.25) is 4.98 Å². The SMILES string of the molecule is Nc1nc2ccc(-c3cncc(S(=O)(=O)Cc4ccccc4)c3)cn2n1. The summed E-state index contributed by atoms with van der Waals surface area (Å²) in [6.07, 6.45) is 4.72. The van der Waals surface area contributed by atoms with Gasteiger partial charge in [-0.15, -0.1) is 5.10 Å². The zero-order valence-electron chi connectivity index (χ0n) is 13.6. The number of nitrogens with zero attached hydrogens (tertiary/aromatic N) is 4. The Morgan fingerprint density at radius 3 is 2.62 bits per heavy atom. The van der Waals surface area contributed by atoms with Crippen molar-refractivity contribution in [2.24, 2.45) is 0 Å². The number of pyridine rings is 2. The first kappa shape index (κ1) is 16.2. The van der Waals surface area contributed by atoms with E-state index in [1.807, 2.05) is 24.3 Å². The largest absolute Gasteiger partial charge is 0.366 e. The minimum atomic E-state index is -3.50. The number of hydrogen-bond acceptors (Lipinski definition) is 6. The second kappa shape index (κ2) is 6.23. The molecular formula is C18H15N5O2S. The lowest BCUT2D eigenvalue weighted by Gasteiger charge is -2.07. The molecule has 0 unspecified atom stereocenters. The van der Waals surface area contributed by atoms with Crippen molar-refractivity contribution in [3.63, 3.8) is 0 Å². The second-order valence-corrected chi connectivity index (χ2v) is 7.83. The molecule has 26 heavy (non-hydrogen) atoms. The molecule has 7 nitrogen and oxygen atoms in total. The van der Waals surface area contributed by atoms with Crippen molar-refractivity contribution < 1.29 is 8.42 Å². The number of anilines is 1. The van der Waals surface area contributed by atoms with Crippen LogP contribution in [-0.4, -0.2) is 28.0 Å². The molecule has 130 valence electrons. The molecule has 0 aliphatic rings. The lowest BCUT2D eigenvalue weighted by molar-refractivity contribution is 0.595. The summed E-state index contributed by atoms with van der Waals surface area (Å²) in [5.41, 5.74) is 8.40. The molecule has 0 amide bonds. The van der Waals surface area contributed by atoms with Crippen LogP contribution in [0.2, 0.25) is 0 Å². The summed E-state index contributed by atoms with van der Waals surface area (Å²) in [6.45, 7) is 0. The second-order valence-electron chi connectivity index (χ2n) is 5.84. The molecule has 0 aliphatic carbocycles. The Labute approximate surface area is 150 Å². The highest BCUT2D eigenvalue weighted by atomic mass is 32.2. The van der Waals surface area contributed by atoms with E-state index in [0.29, 0.717) is 11.2 Å². The van der Waals surface area contributed by atoms with Gasteiger partial charge in [0, 0.05) is 29.7 Å². The van der Waals surface area contributed by atoms with Crippen molar-refractivity contribution in [2.75, 3.05) is 5.73 Å². The Morgan fingerprint density at radius 2 is 1.81 bits per heavy atom. The van der Waals surface area contributed by atoms with Gasteiger partial charge >= 0.3 is 0 Å². The first-order valence-electron chi connectivity index (χ1n) is 7.85. The third-order valence-corrected chi connectivity index (χ3v) is 5.61. The molecule has 1 aromatic carbocycles. The van der Waals surface area contributed by atoms with Crippen LogP contribution in [0.4, 0.5) is 5.95 Å². The highest BCUT2D eigenvalue weighted by molar-refractivity contribution is 7.90. The summed E-state index contributed by atoms with van der Waals surface area (Å²) in [5, 5.41) is 4.07. The average molecular weight is 365 g/mol. The van der Waals surface area contributed by atoms with E-state index in [0.717, 1.165) is 11.1 Å². The monoisotopic (exact) mass is 365 g/mol. The fourth-order valence-corrected chi connectivity index (χ4v) is 4.02. The summed E-state index contributed by atoms with van der Waals surface area (Å²) in [7, 11) is -3.50. The lowest BCUT2D eigenvalue weighted by Crippen LogP contribution is -2.05. The van der Waals surface area contributed by atoms with Gasteiger partial charge in [0.15, 0.2) is 15.5 Å². The summed E-state index contributed by atoms with van der Waals surface area (Å²) in [5.74, 6) is 0.108. The standard InChI is InChI=1S/C18H15N5O2S/c19-18-21-17-7-6-14(11-23(17)22-18)15-8-16(10-20-9-15)26(24,25)12-13-4-2-1-3-5-13/h1-11H,12H2,(H2,19,22). The van der Waals surface area contributed by atoms with Gasteiger partial charge in [0.1, 0.15) is 0 Å². The molecule has 2 N–H and O–H groups in total. The van der Waals surface area contributed by atoms with Crippen LogP contribution in [0.25, 0.3) is 16.8 Å². The molecule has 0 spiro atoms. The summed E-state index contributed by atoms with van der Waals surface area (Å²) < 4.78 is 27.0. The molecule has 0 bridgehead atoms. The van der Waals surface area contributed by atoms with Gasteiger partial charge in [-0.1, -0.05) is 30.3 Å². The summed E-state index contributed by atoms with van der Waals surface area (Å²) >= 11 is 0. The number of fused-ring (bicyclic) bond motifs is 1. The maximum Gasteiger partial charge on any atom is 0.240 e. The topological polar surface area (TPSA) is 103 Å². The van der Waals surface area contributed by atoms with Gasteiger partial charge < -0.3 is 5.73 Å². The Morgan fingerprint density at radius 1 is 1.00 bits per heavy atom. The molecule has 0 fully saturated rings. The first-order valence-corrected chi connectivity index (χ1v) is 9.50. The fourth-order valence-electron chi connectivity index (χ4n) is 2.69. The smallest absolute Gasteiger partial charge is 0.240 e. The minimum Gasteiger partial charge on any atom is -0.366 e. The molecule has 3 aromatic heterocycles. The quantitative estimate of drug-likeness (QED) is 0.595. The molecule has 0 saturated heterocycles. The van der Waals surface area contributed by atoms with Gasteiger partial charge in [0.05, 0.1) is 10.6 Å². The average Bonchev–Trinajstić information content (AvgIpc) is 3.01. The van der Waals surface area contributed by atoms with Crippen molar-refractivity contribution >= 4 is 21.4 Å². The first-order chi connectivity index (χ1) is 12.5. The summed E-state index contributed by atoms with van der Waals surface area (Å²) in [6, 6.07) is 14.3. The highest BCUT2D eigenvalue weighted by Crippen LogP contribution is 2.24. The Kier molecular flexibility index (Phi) is 3.89. The van der Waals surface area contributed by atoms with E-state index < -0.39 is 9.84 Å². The van der Waals surface area contributed by atoms with E-state index in [2.05, 4.69) is 15.1 Å². The van der Waals surface area contributed by atoms with Crippen LogP contribution in [0, 0.1) is 0 Å². The van der Waals surface area contributed by atoms with Crippen LogP contribution < -0.4 is 5.73 Å². The van der Waals surface area contributed by atoms with E-state index >= 15 is 0 Å². The predicted octanol–water partition coefficient (Wildman–Crippen LogP) is 2.35. The van der Waals surface area contributed by atoms with E-state index in [9.17, 15) is 8.42 Å².